The molecule has 3 heterocycles. The van der Waals surface area contributed by atoms with E-state index in [1.54, 1.807) is 4.80 Å². The van der Waals surface area contributed by atoms with Crippen molar-refractivity contribution in [3.63, 3.8) is 0 Å². The van der Waals surface area contributed by atoms with Gasteiger partial charge in [0.2, 0.25) is 0 Å². The molecule has 1 aromatic rings. The van der Waals surface area contributed by atoms with Crippen LogP contribution in [0.1, 0.15) is 18.3 Å². The fraction of sp³-hybridized carbons (Fsp3) is 0.875. The van der Waals surface area contributed by atoms with Crippen LogP contribution in [0.3, 0.4) is 0 Å². The molecular weight excluding hydrogens is 166 g/mol. The summed E-state index contributed by atoms with van der Waals surface area (Å²) in [4.78, 5) is 4.28. The number of fused-ring (bicyclic) bond motifs is 2. The Bertz CT molecular complexity index is 320. The number of hydrogen-bond acceptors (Lipinski definition) is 4. The van der Waals surface area contributed by atoms with E-state index in [0.29, 0.717) is 6.04 Å². The van der Waals surface area contributed by atoms with Gasteiger partial charge in [-0.2, -0.15) is 4.80 Å². The number of aryl methyl sites for hydroxylation is 1. The molecule has 5 heteroatoms. The lowest BCUT2D eigenvalue weighted by Gasteiger charge is -2.20. The van der Waals surface area contributed by atoms with Crippen LogP contribution >= 0.6 is 0 Å². The van der Waals surface area contributed by atoms with Gasteiger partial charge >= 0.3 is 0 Å². The van der Waals surface area contributed by atoms with Gasteiger partial charge in [0.25, 0.3) is 0 Å². The van der Waals surface area contributed by atoms with Crippen LogP contribution < -0.4 is 0 Å². The fourth-order valence-corrected chi connectivity index (χ4v) is 2.46. The summed E-state index contributed by atoms with van der Waals surface area (Å²) in [6, 6.07) is 0.481. The normalized spacial score (nSPS) is 37.2. The van der Waals surface area contributed by atoms with Crippen molar-refractivity contribution in [2.75, 3.05) is 19.6 Å². The van der Waals surface area contributed by atoms with Crippen LogP contribution in [-0.4, -0.2) is 44.7 Å². The van der Waals surface area contributed by atoms with Crippen molar-refractivity contribution in [2.24, 2.45) is 5.92 Å². The van der Waals surface area contributed by atoms with E-state index in [1.807, 2.05) is 6.92 Å². The molecule has 0 N–H and O–H groups in total. The molecule has 0 saturated carbocycles. The monoisotopic (exact) mass is 179 g/mol. The van der Waals surface area contributed by atoms with Gasteiger partial charge in [-0.1, -0.05) is 0 Å². The van der Waals surface area contributed by atoms with Gasteiger partial charge in [-0.15, -0.1) is 10.2 Å². The van der Waals surface area contributed by atoms with E-state index in [0.717, 1.165) is 18.3 Å². The van der Waals surface area contributed by atoms with Crippen molar-refractivity contribution in [1.29, 1.82) is 0 Å². The van der Waals surface area contributed by atoms with Crippen molar-refractivity contribution in [3.8, 4) is 0 Å². The molecule has 1 unspecified atom stereocenters. The number of rotatable bonds is 1. The third kappa shape index (κ3) is 1.07. The van der Waals surface area contributed by atoms with Gasteiger partial charge in [0.15, 0.2) is 5.82 Å². The van der Waals surface area contributed by atoms with Crippen LogP contribution in [0.2, 0.25) is 0 Å². The largest absolute Gasteiger partial charge is 0.301 e. The van der Waals surface area contributed by atoms with Crippen LogP contribution in [0.25, 0.3) is 0 Å². The SMILES string of the molecule is Cc1nnn([C@H]2CN3CC[C@@H]2C3)n1. The molecule has 13 heavy (non-hydrogen) atoms. The zero-order valence-corrected chi connectivity index (χ0v) is 7.72. The van der Waals surface area contributed by atoms with E-state index in [-0.39, 0.29) is 0 Å². The van der Waals surface area contributed by atoms with Crippen LogP contribution in [0.15, 0.2) is 0 Å². The lowest BCUT2D eigenvalue weighted by molar-refractivity contribution is 0.263. The average Bonchev–Trinajstić information content (AvgIpc) is 2.77. The van der Waals surface area contributed by atoms with Crippen LogP contribution in [0, 0.1) is 12.8 Å². The summed E-state index contributed by atoms with van der Waals surface area (Å²) >= 11 is 0. The third-order valence-electron chi connectivity index (χ3n) is 3.12. The molecule has 2 aliphatic rings. The molecular formula is C8H13N5. The highest BCUT2D eigenvalue weighted by molar-refractivity contribution is 4.92. The highest BCUT2D eigenvalue weighted by atomic mass is 15.6. The maximum absolute atomic E-state index is 4.28. The van der Waals surface area contributed by atoms with Crippen LogP contribution in [0.4, 0.5) is 0 Å². The van der Waals surface area contributed by atoms with Crippen LogP contribution in [0.5, 0.6) is 0 Å². The Hall–Kier alpha value is -0.970. The Morgan fingerprint density at radius 3 is 2.85 bits per heavy atom. The molecule has 0 radical (unpaired) electrons. The molecule has 70 valence electrons. The predicted molar refractivity (Wildman–Crippen MR) is 46.1 cm³/mol. The maximum atomic E-state index is 4.28. The first-order chi connectivity index (χ1) is 6.33. The van der Waals surface area contributed by atoms with Gasteiger partial charge in [0.1, 0.15) is 0 Å². The number of aromatic nitrogens is 4. The van der Waals surface area contributed by atoms with E-state index in [4.69, 9.17) is 0 Å². The minimum Gasteiger partial charge on any atom is -0.301 e. The second-order valence-electron chi connectivity index (χ2n) is 4.03. The minimum absolute atomic E-state index is 0.481. The first-order valence-electron chi connectivity index (χ1n) is 4.81. The summed E-state index contributed by atoms with van der Waals surface area (Å²) in [6.07, 6.45) is 1.30. The van der Waals surface area contributed by atoms with E-state index in [2.05, 4.69) is 20.3 Å². The number of tetrazole rings is 1. The standard InChI is InChI=1S/C8H13N5/c1-6-9-11-13(10-6)8-5-12-3-2-7(8)4-12/h7-8H,2-5H2,1H3/t7-,8+/m1/s1. The smallest absolute Gasteiger partial charge is 0.171 e. The molecule has 2 saturated heterocycles. The summed E-state index contributed by atoms with van der Waals surface area (Å²) in [5, 5.41) is 12.3. The van der Waals surface area contributed by atoms with Gasteiger partial charge in [0, 0.05) is 13.1 Å². The van der Waals surface area contributed by atoms with E-state index >= 15 is 0 Å². The van der Waals surface area contributed by atoms with Gasteiger partial charge in [-0.3, -0.25) is 0 Å². The Morgan fingerprint density at radius 1 is 1.38 bits per heavy atom. The summed E-state index contributed by atoms with van der Waals surface area (Å²) in [7, 11) is 0. The van der Waals surface area contributed by atoms with Crippen molar-refractivity contribution < 1.29 is 0 Å². The summed E-state index contributed by atoms with van der Waals surface area (Å²) < 4.78 is 0. The van der Waals surface area contributed by atoms with Crippen molar-refractivity contribution >= 4 is 0 Å². The lowest BCUT2D eigenvalue weighted by Crippen LogP contribution is -2.27. The topological polar surface area (TPSA) is 46.8 Å². The first-order valence-corrected chi connectivity index (χ1v) is 4.81. The molecule has 3 rings (SSSR count). The predicted octanol–water partition coefficient (Wildman–Crippen LogP) is -0.142. The van der Waals surface area contributed by atoms with Crippen molar-refractivity contribution in [1.82, 2.24) is 25.1 Å². The van der Waals surface area contributed by atoms with E-state index in [9.17, 15) is 0 Å². The summed E-state index contributed by atoms with van der Waals surface area (Å²) in [5.74, 6) is 1.53. The molecule has 2 aliphatic heterocycles. The number of hydrogen-bond donors (Lipinski definition) is 0. The molecule has 0 amide bonds. The van der Waals surface area contributed by atoms with Crippen molar-refractivity contribution in [3.05, 3.63) is 5.82 Å². The molecule has 2 fully saturated rings. The lowest BCUT2D eigenvalue weighted by atomic mass is 10.0. The van der Waals surface area contributed by atoms with Gasteiger partial charge in [-0.25, -0.2) is 0 Å². The Labute approximate surface area is 76.7 Å². The molecule has 0 aliphatic carbocycles. The average molecular weight is 179 g/mol. The van der Waals surface area contributed by atoms with Gasteiger partial charge < -0.3 is 4.90 Å². The number of nitrogens with zero attached hydrogens (tertiary/aromatic N) is 5. The highest BCUT2D eigenvalue weighted by Gasteiger charge is 2.40. The van der Waals surface area contributed by atoms with Gasteiger partial charge in [0.05, 0.1) is 6.04 Å². The Kier molecular flexibility index (Phi) is 1.44. The number of piperidine rings is 1. The maximum Gasteiger partial charge on any atom is 0.171 e. The third-order valence-corrected chi connectivity index (χ3v) is 3.12. The Morgan fingerprint density at radius 2 is 2.31 bits per heavy atom. The van der Waals surface area contributed by atoms with Crippen LogP contribution in [-0.2, 0) is 0 Å². The summed E-state index contributed by atoms with van der Waals surface area (Å²) in [6.45, 7) is 5.48. The van der Waals surface area contributed by atoms with E-state index < -0.39 is 0 Å². The quantitative estimate of drug-likeness (QED) is 0.602. The second-order valence-corrected chi connectivity index (χ2v) is 4.03. The molecule has 0 aromatic carbocycles. The fourth-order valence-electron chi connectivity index (χ4n) is 2.46. The van der Waals surface area contributed by atoms with Crippen molar-refractivity contribution in [2.45, 2.75) is 19.4 Å². The zero-order chi connectivity index (χ0) is 8.84. The zero-order valence-electron chi connectivity index (χ0n) is 7.72. The summed E-state index contributed by atoms with van der Waals surface area (Å²) in [5.41, 5.74) is 0. The Balaban J connectivity index is 1.87. The highest BCUT2D eigenvalue weighted by Crippen LogP contribution is 2.34. The van der Waals surface area contributed by atoms with E-state index in [1.165, 1.54) is 19.5 Å². The molecule has 0 spiro atoms. The first kappa shape index (κ1) is 7.44. The minimum atomic E-state index is 0.481. The molecule has 3 atom stereocenters. The molecule has 1 aromatic heterocycles. The van der Waals surface area contributed by atoms with Gasteiger partial charge in [-0.05, 0) is 31.0 Å². The second kappa shape index (κ2) is 2.51. The molecule has 5 nitrogen and oxygen atoms in total. The molecule has 2 bridgehead atoms.